The van der Waals surface area contributed by atoms with E-state index in [1.165, 1.54) is 6.47 Å². The lowest BCUT2D eigenvalue weighted by atomic mass is 10.1. The summed E-state index contributed by atoms with van der Waals surface area (Å²) in [6.45, 7) is 1.44. The van der Waals surface area contributed by atoms with Crippen LogP contribution in [0.3, 0.4) is 0 Å². The molecule has 2 rings (SSSR count). The van der Waals surface area contributed by atoms with Gasteiger partial charge in [0.25, 0.3) is 0 Å². The largest absolute Gasteiger partial charge is 0.423 e. The molecule has 3 heteroatoms. The van der Waals surface area contributed by atoms with E-state index < -0.39 is 0 Å². The van der Waals surface area contributed by atoms with Gasteiger partial charge in [-0.3, -0.25) is 0 Å². The fraction of sp³-hybridized carbons (Fsp3) is 0.100. The molecule has 0 aromatic rings. The third-order valence-corrected chi connectivity index (χ3v) is 1.91. The van der Waals surface area contributed by atoms with E-state index in [0.717, 1.165) is 5.70 Å². The molecule has 0 aromatic heterocycles. The SMILES string of the molecule is O=[C]OC1=C2C=CC=CN2C=CC1. The molecule has 0 amide bonds. The minimum absolute atomic E-state index is 0.637. The Morgan fingerprint density at radius 1 is 1.38 bits per heavy atom. The minimum atomic E-state index is 0.637. The van der Waals surface area contributed by atoms with Gasteiger partial charge < -0.3 is 9.64 Å². The van der Waals surface area contributed by atoms with E-state index in [1.54, 1.807) is 0 Å². The normalized spacial score (nSPS) is 18.9. The van der Waals surface area contributed by atoms with Crippen molar-refractivity contribution >= 4 is 6.47 Å². The fourth-order valence-electron chi connectivity index (χ4n) is 1.34. The molecule has 0 saturated carbocycles. The molecule has 0 fully saturated rings. The van der Waals surface area contributed by atoms with Crippen molar-refractivity contribution in [3.63, 3.8) is 0 Å². The van der Waals surface area contributed by atoms with Crippen LogP contribution in [0.1, 0.15) is 6.42 Å². The third-order valence-electron chi connectivity index (χ3n) is 1.91. The molecule has 2 heterocycles. The van der Waals surface area contributed by atoms with Crippen molar-refractivity contribution in [2.75, 3.05) is 0 Å². The molecular weight excluding hydrogens is 166 g/mol. The Kier molecular flexibility index (Phi) is 2.00. The van der Waals surface area contributed by atoms with Crippen molar-refractivity contribution in [2.24, 2.45) is 0 Å². The maximum atomic E-state index is 10.1. The topological polar surface area (TPSA) is 29.5 Å². The molecule has 1 radical (unpaired) electrons. The Morgan fingerprint density at radius 3 is 3.15 bits per heavy atom. The predicted molar refractivity (Wildman–Crippen MR) is 47.7 cm³/mol. The van der Waals surface area contributed by atoms with Crippen molar-refractivity contribution in [2.45, 2.75) is 6.42 Å². The first kappa shape index (κ1) is 7.86. The molecule has 0 spiro atoms. The van der Waals surface area contributed by atoms with Crippen LogP contribution in [0.25, 0.3) is 0 Å². The number of nitrogens with zero attached hydrogens (tertiary/aromatic N) is 1. The van der Waals surface area contributed by atoms with Gasteiger partial charge in [0.2, 0.25) is 0 Å². The highest BCUT2D eigenvalue weighted by Gasteiger charge is 2.15. The van der Waals surface area contributed by atoms with Gasteiger partial charge in [-0.05, 0) is 12.2 Å². The van der Waals surface area contributed by atoms with Crippen LogP contribution in [-0.4, -0.2) is 11.4 Å². The first-order chi connectivity index (χ1) is 6.42. The highest BCUT2D eigenvalue weighted by Crippen LogP contribution is 2.24. The smallest absolute Gasteiger partial charge is 0.420 e. The number of fused-ring (bicyclic) bond motifs is 1. The monoisotopic (exact) mass is 174 g/mol. The van der Waals surface area contributed by atoms with E-state index in [9.17, 15) is 4.79 Å². The van der Waals surface area contributed by atoms with Gasteiger partial charge in [-0.2, -0.15) is 0 Å². The van der Waals surface area contributed by atoms with Gasteiger partial charge in [0.1, 0.15) is 5.76 Å². The van der Waals surface area contributed by atoms with Crippen molar-refractivity contribution in [1.29, 1.82) is 0 Å². The van der Waals surface area contributed by atoms with Crippen molar-refractivity contribution in [3.05, 3.63) is 48.2 Å². The Bertz CT molecular complexity index is 333. The highest BCUT2D eigenvalue weighted by atomic mass is 16.5. The van der Waals surface area contributed by atoms with E-state index in [1.807, 2.05) is 41.6 Å². The maximum Gasteiger partial charge on any atom is 0.423 e. The average Bonchev–Trinajstić information content (AvgIpc) is 2.19. The first-order valence-electron chi connectivity index (χ1n) is 3.99. The molecular formula is C10H8NO2. The summed E-state index contributed by atoms with van der Waals surface area (Å²) in [7, 11) is 0. The molecule has 0 unspecified atom stereocenters. The molecule has 0 bridgehead atoms. The molecule has 65 valence electrons. The number of ether oxygens (including phenoxy) is 1. The quantitative estimate of drug-likeness (QED) is 0.636. The van der Waals surface area contributed by atoms with Crippen molar-refractivity contribution < 1.29 is 9.53 Å². The van der Waals surface area contributed by atoms with Gasteiger partial charge in [-0.15, -0.1) is 0 Å². The second-order valence-electron chi connectivity index (χ2n) is 2.69. The highest BCUT2D eigenvalue weighted by molar-refractivity contribution is 5.44. The molecule has 0 N–H and O–H groups in total. The van der Waals surface area contributed by atoms with Crippen LogP contribution in [0, 0.1) is 0 Å². The Morgan fingerprint density at radius 2 is 2.31 bits per heavy atom. The van der Waals surface area contributed by atoms with E-state index in [4.69, 9.17) is 4.74 Å². The molecule has 0 atom stereocenters. The van der Waals surface area contributed by atoms with Gasteiger partial charge in [0, 0.05) is 18.8 Å². The number of allylic oxidation sites excluding steroid dienone is 4. The Labute approximate surface area is 76.3 Å². The summed E-state index contributed by atoms with van der Waals surface area (Å²) in [5.41, 5.74) is 0.897. The van der Waals surface area contributed by atoms with Crippen LogP contribution in [0.4, 0.5) is 0 Å². The van der Waals surface area contributed by atoms with Gasteiger partial charge >= 0.3 is 6.47 Å². The summed E-state index contributed by atoms with van der Waals surface area (Å²) >= 11 is 0. The lowest BCUT2D eigenvalue weighted by molar-refractivity contribution is 0.338. The molecule has 0 aromatic carbocycles. The van der Waals surface area contributed by atoms with Crippen LogP contribution >= 0.6 is 0 Å². The van der Waals surface area contributed by atoms with Gasteiger partial charge in [0.05, 0.1) is 5.70 Å². The summed E-state index contributed by atoms with van der Waals surface area (Å²) in [4.78, 5) is 12.0. The van der Waals surface area contributed by atoms with Crippen LogP contribution in [-0.2, 0) is 9.53 Å². The summed E-state index contributed by atoms with van der Waals surface area (Å²) in [5, 5.41) is 0. The zero-order valence-electron chi connectivity index (χ0n) is 6.93. The summed E-state index contributed by atoms with van der Waals surface area (Å²) in [6, 6.07) is 0. The molecule has 0 saturated heterocycles. The first-order valence-corrected chi connectivity index (χ1v) is 3.99. The Balaban J connectivity index is 2.32. The minimum Gasteiger partial charge on any atom is -0.420 e. The third kappa shape index (κ3) is 1.40. The number of rotatable bonds is 2. The molecule has 3 nitrogen and oxygen atoms in total. The van der Waals surface area contributed by atoms with Crippen molar-refractivity contribution in [1.82, 2.24) is 4.90 Å². The average molecular weight is 174 g/mol. The van der Waals surface area contributed by atoms with Gasteiger partial charge in [-0.1, -0.05) is 12.2 Å². The van der Waals surface area contributed by atoms with E-state index in [0.29, 0.717) is 12.2 Å². The maximum absolute atomic E-state index is 10.1. The van der Waals surface area contributed by atoms with Crippen LogP contribution in [0.5, 0.6) is 0 Å². The molecule has 2 aliphatic rings. The van der Waals surface area contributed by atoms with Crippen molar-refractivity contribution in [3.8, 4) is 0 Å². The lowest BCUT2D eigenvalue weighted by Gasteiger charge is -2.24. The number of hydrogen-bond donors (Lipinski definition) is 0. The van der Waals surface area contributed by atoms with Crippen LogP contribution < -0.4 is 0 Å². The molecule has 0 aliphatic carbocycles. The lowest BCUT2D eigenvalue weighted by Crippen LogP contribution is -2.16. The van der Waals surface area contributed by atoms with Crippen LogP contribution in [0.15, 0.2) is 48.2 Å². The number of carbonyl (C=O) groups excluding carboxylic acids is 1. The van der Waals surface area contributed by atoms with E-state index in [-0.39, 0.29) is 0 Å². The van der Waals surface area contributed by atoms with Gasteiger partial charge in [-0.25, -0.2) is 4.79 Å². The predicted octanol–water partition coefficient (Wildman–Crippen LogP) is 1.58. The zero-order valence-corrected chi connectivity index (χ0v) is 6.93. The van der Waals surface area contributed by atoms with Crippen LogP contribution in [0.2, 0.25) is 0 Å². The number of hydrogen-bond acceptors (Lipinski definition) is 3. The second-order valence-corrected chi connectivity index (χ2v) is 2.69. The fourth-order valence-corrected chi connectivity index (χ4v) is 1.34. The summed E-state index contributed by atoms with van der Waals surface area (Å²) in [6.07, 6.45) is 12.1. The second kappa shape index (κ2) is 3.31. The standard InChI is InChI=1S/C10H8NO2/c12-8-13-10-5-3-7-11-6-2-1-4-9(10)11/h1-4,6-7H,5H2. The zero-order chi connectivity index (χ0) is 9.10. The summed E-state index contributed by atoms with van der Waals surface area (Å²) < 4.78 is 4.75. The molecule has 13 heavy (non-hydrogen) atoms. The van der Waals surface area contributed by atoms with Gasteiger partial charge in [0.15, 0.2) is 0 Å². The Hall–Kier alpha value is -1.77. The molecule has 2 aliphatic heterocycles. The summed E-state index contributed by atoms with van der Waals surface area (Å²) in [5.74, 6) is 0.637. The van der Waals surface area contributed by atoms with E-state index in [2.05, 4.69) is 0 Å². The van der Waals surface area contributed by atoms with E-state index >= 15 is 0 Å².